The van der Waals surface area contributed by atoms with Crippen molar-refractivity contribution in [2.45, 2.75) is 118 Å². The van der Waals surface area contributed by atoms with E-state index in [0.717, 1.165) is 12.3 Å². The van der Waals surface area contributed by atoms with E-state index in [-0.39, 0.29) is 6.61 Å². The second-order valence-corrected chi connectivity index (χ2v) is 15.8. The van der Waals surface area contributed by atoms with Crippen molar-refractivity contribution in [2.24, 2.45) is 0 Å². The van der Waals surface area contributed by atoms with Gasteiger partial charge in [0.25, 0.3) is 0 Å². The number of likely N-dealkylation sites (N-methyl/N-ethyl adjacent to an activating group) is 2. The highest BCUT2D eigenvalue weighted by atomic mass is 32.1. The molecule has 0 radical (unpaired) electrons. The van der Waals surface area contributed by atoms with Crippen LogP contribution in [0.15, 0.2) is 60.7 Å². The molecule has 5 nitrogen and oxygen atoms in total. The largest absolute Gasteiger partial charge is 0.508 e. The fourth-order valence-electron chi connectivity index (χ4n) is 5.88. The maximum atomic E-state index is 9.43. The van der Waals surface area contributed by atoms with Crippen LogP contribution in [0.5, 0.6) is 11.5 Å². The van der Waals surface area contributed by atoms with Crippen LogP contribution in [0.2, 0.25) is 0 Å². The normalized spacial score (nSPS) is 10.7. The molecule has 0 amide bonds. The zero-order valence-electron chi connectivity index (χ0n) is 32.6. The molecule has 4 rings (SSSR count). The Balaban J connectivity index is 0.000000316. The van der Waals surface area contributed by atoms with Gasteiger partial charge in [-0.05, 0) is 137 Å². The van der Waals surface area contributed by atoms with Crippen LogP contribution in [-0.4, -0.2) is 50.6 Å². The Kier molecular flexibility index (Phi) is 24.3. The van der Waals surface area contributed by atoms with Crippen molar-refractivity contribution in [3.63, 3.8) is 0 Å². The molecule has 0 saturated heterocycles. The van der Waals surface area contributed by atoms with E-state index in [4.69, 9.17) is 9.84 Å². The number of phenolic OH excluding ortho intramolecular Hbond substituents is 1. The Morgan fingerprint density at radius 1 is 0.588 bits per heavy atom. The summed E-state index contributed by atoms with van der Waals surface area (Å²) in [6, 6.07) is 20.9. The molecule has 4 aromatic rings. The first-order valence-electron chi connectivity index (χ1n) is 19.5. The van der Waals surface area contributed by atoms with Crippen LogP contribution < -0.4 is 15.4 Å². The van der Waals surface area contributed by atoms with E-state index in [0.29, 0.717) is 18.9 Å². The van der Waals surface area contributed by atoms with E-state index < -0.39 is 0 Å². The topological polar surface area (TPSA) is 73.8 Å². The minimum absolute atomic E-state index is 0.233. The summed E-state index contributed by atoms with van der Waals surface area (Å²) in [4.78, 5) is 5.60. The predicted molar refractivity (Wildman–Crippen MR) is 225 cm³/mol. The number of benzene rings is 2. The highest BCUT2D eigenvalue weighted by Crippen LogP contribution is 2.35. The van der Waals surface area contributed by atoms with Crippen LogP contribution in [0, 0.1) is 13.8 Å². The van der Waals surface area contributed by atoms with Crippen molar-refractivity contribution in [3.8, 4) is 32.4 Å². The molecule has 0 aliphatic carbocycles. The monoisotopic (exact) mass is 736 g/mol. The number of unbranched alkanes of at least 4 members (excludes halogenated alkanes) is 10. The summed E-state index contributed by atoms with van der Waals surface area (Å²) >= 11 is 3.78. The molecule has 0 unspecified atom stereocenters. The lowest BCUT2D eigenvalue weighted by molar-refractivity contribution is 0.296. The number of nitrogens with one attached hydrogen (secondary N) is 2. The molecule has 2 aromatic carbocycles. The lowest BCUT2D eigenvalue weighted by atomic mass is 10.0. The second-order valence-electron chi connectivity index (χ2n) is 13.3. The Morgan fingerprint density at radius 2 is 1.02 bits per heavy atom. The molecule has 0 aliphatic rings. The van der Waals surface area contributed by atoms with E-state index >= 15 is 0 Å². The van der Waals surface area contributed by atoms with Crippen molar-refractivity contribution < 1.29 is 14.9 Å². The Bertz CT molecular complexity index is 1410. The number of hydrogen-bond donors (Lipinski definition) is 4. The molecule has 0 atom stereocenters. The van der Waals surface area contributed by atoms with Gasteiger partial charge in [0, 0.05) is 32.6 Å². The van der Waals surface area contributed by atoms with E-state index in [1.165, 1.54) is 132 Å². The van der Waals surface area contributed by atoms with E-state index in [2.05, 4.69) is 74.7 Å². The van der Waals surface area contributed by atoms with Crippen LogP contribution >= 0.6 is 22.7 Å². The van der Waals surface area contributed by atoms with Gasteiger partial charge in [-0.1, -0.05) is 78.1 Å². The summed E-state index contributed by atoms with van der Waals surface area (Å²) in [5.74, 6) is 1.29. The van der Waals surface area contributed by atoms with Crippen molar-refractivity contribution in [1.82, 2.24) is 10.6 Å². The summed E-state index contributed by atoms with van der Waals surface area (Å²) < 4.78 is 5.73. The first-order valence-corrected chi connectivity index (χ1v) is 21.1. The molecule has 51 heavy (non-hydrogen) atoms. The minimum Gasteiger partial charge on any atom is -0.508 e. The molecule has 284 valence electrons. The third kappa shape index (κ3) is 18.6. The molecule has 0 bridgehead atoms. The van der Waals surface area contributed by atoms with Crippen molar-refractivity contribution in [3.05, 3.63) is 81.5 Å². The second kappa shape index (κ2) is 27.9. The molecule has 0 spiro atoms. The number of aliphatic hydroxyl groups excluding tert-OH is 1. The van der Waals surface area contributed by atoms with Gasteiger partial charge in [-0.2, -0.15) is 0 Å². The predicted octanol–water partition coefficient (Wildman–Crippen LogP) is 11.8. The SMILES string of the molecule is CCCCCCCCc1cc(C)sc1-c1ccc(O)cc1.CCCCCCCCc1cc(C)sc1-c1ccc(OCCNC)cc1.CNCCO. The van der Waals surface area contributed by atoms with Gasteiger partial charge in [-0.15, -0.1) is 22.7 Å². The molecular weight excluding hydrogens is 669 g/mol. The minimum atomic E-state index is 0.233. The highest BCUT2D eigenvalue weighted by Gasteiger charge is 2.11. The Morgan fingerprint density at radius 3 is 1.43 bits per heavy atom. The van der Waals surface area contributed by atoms with Crippen molar-refractivity contribution in [2.75, 3.05) is 40.4 Å². The van der Waals surface area contributed by atoms with E-state index in [1.807, 2.05) is 41.9 Å². The first kappa shape index (κ1) is 44.5. The third-order valence-corrected chi connectivity index (χ3v) is 11.0. The zero-order valence-corrected chi connectivity index (χ0v) is 34.3. The fourth-order valence-corrected chi connectivity index (χ4v) is 8.02. The van der Waals surface area contributed by atoms with Crippen LogP contribution in [0.3, 0.4) is 0 Å². The van der Waals surface area contributed by atoms with Gasteiger partial charge in [0.2, 0.25) is 0 Å². The van der Waals surface area contributed by atoms with Crippen LogP contribution in [0.1, 0.15) is 112 Å². The number of aliphatic hydroxyl groups is 1. The average Bonchev–Trinajstić information content (AvgIpc) is 3.70. The van der Waals surface area contributed by atoms with Gasteiger partial charge in [0.1, 0.15) is 18.1 Å². The quantitative estimate of drug-likeness (QED) is 0.0605. The molecule has 0 aliphatic heterocycles. The number of rotatable bonds is 22. The molecule has 2 heterocycles. The summed E-state index contributed by atoms with van der Waals surface area (Å²) in [6.45, 7) is 11.4. The third-order valence-electron chi connectivity index (χ3n) is 8.69. The van der Waals surface area contributed by atoms with Crippen LogP contribution in [0.25, 0.3) is 20.9 Å². The molecule has 0 saturated carbocycles. The summed E-state index contributed by atoms with van der Waals surface area (Å²) in [6.07, 6.45) is 18.6. The number of hydrogen-bond acceptors (Lipinski definition) is 7. The smallest absolute Gasteiger partial charge is 0.119 e. The maximum Gasteiger partial charge on any atom is 0.119 e. The number of ether oxygens (including phenoxy) is 1. The van der Waals surface area contributed by atoms with Gasteiger partial charge in [-0.3, -0.25) is 0 Å². The number of aryl methyl sites for hydroxylation is 4. The number of thiophene rings is 2. The first-order chi connectivity index (χ1) is 24.9. The Labute approximate surface area is 318 Å². The highest BCUT2D eigenvalue weighted by molar-refractivity contribution is 7.16. The lowest BCUT2D eigenvalue weighted by Gasteiger charge is -2.08. The maximum absolute atomic E-state index is 9.43. The van der Waals surface area contributed by atoms with Crippen molar-refractivity contribution in [1.29, 1.82) is 0 Å². The van der Waals surface area contributed by atoms with Gasteiger partial charge in [0.05, 0.1) is 6.61 Å². The van der Waals surface area contributed by atoms with Gasteiger partial charge in [0.15, 0.2) is 0 Å². The summed E-state index contributed by atoms with van der Waals surface area (Å²) in [5, 5.41) is 23.3. The Hall–Kier alpha value is -2.68. The van der Waals surface area contributed by atoms with Gasteiger partial charge < -0.3 is 25.6 Å². The number of phenols is 1. The molecular formula is C44H68N2O3S2. The molecule has 7 heteroatoms. The zero-order chi connectivity index (χ0) is 37.1. The van der Waals surface area contributed by atoms with Crippen LogP contribution in [0.4, 0.5) is 0 Å². The fraction of sp³-hybridized carbons (Fsp3) is 0.545. The standard InChI is InChI=1S/C22H33NOS.C19H26OS.C3H9NO/c1-4-5-6-7-8-9-10-20-17-18(2)25-22(20)19-11-13-21(14-12-19)24-16-15-23-3;1-3-4-5-6-7-8-9-17-14-15(2)21-19(17)16-10-12-18(20)13-11-16;1-4-2-3-5/h11-14,17,23H,4-10,15-16H2,1-3H3;10-14,20H,3-9H2,1-2H3;4-5H,2-3H2,1H3. The van der Waals surface area contributed by atoms with Crippen molar-refractivity contribution >= 4 is 22.7 Å². The molecule has 2 aromatic heterocycles. The lowest BCUT2D eigenvalue weighted by Crippen LogP contribution is -2.15. The number of aromatic hydroxyl groups is 1. The van der Waals surface area contributed by atoms with E-state index in [1.54, 1.807) is 19.2 Å². The van der Waals surface area contributed by atoms with Crippen LogP contribution in [-0.2, 0) is 12.8 Å². The molecule has 4 N–H and O–H groups in total. The average molecular weight is 737 g/mol. The van der Waals surface area contributed by atoms with Gasteiger partial charge in [-0.25, -0.2) is 0 Å². The van der Waals surface area contributed by atoms with E-state index in [9.17, 15) is 5.11 Å². The summed E-state index contributed by atoms with van der Waals surface area (Å²) in [5.41, 5.74) is 5.53. The van der Waals surface area contributed by atoms with Gasteiger partial charge >= 0.3 is 0 Å². The summed E-state index contributed by atoms with van der Waals surface area (Å²) in [7, 11) is 3.74. The molecule has 0 fully saturated rings.